The number of benzene rings is 2. The molecule has 21 heavy (non-hydrogen) atoms. The van der Waals surface area contributed by atoms with Gasteiger partial charge < -0.3 is 16.4 Å². The van der Waals surface area contributed by atoms with E-state index in [-0.39, 0.29) is 0 Å². The lowest BCUT2D eigenvalue weighted by molar-refractivity contribution is 0.100. The van der Waals surface area contributed by atoms with E-state index < -0.39 is 5.91 Å². The van der Waals surface area contributed by atoms with Gasteiger partial charge in [-0.05, 0) is 36.1 Å². The molecule has 3 rings (SSSR count). The number of rotatable bonds is 2. The van der Waals surface area contributed by atoms with Gasteiger partial charge in [-0.25, -0.2) is 0 Å². The third kappa shape index (κ3) is 2.33. The monoisotopic (exact) mass is 281 g/mol. The first-order valence-electron chi connectivity index (χ1n) is 7.11. The van der Waals surface area contributed by atoms with Crippen molar-refractivity contribution in [3.8, 4) is 0 Å². The first-order chi connectivity index (χ1) is 10.1. The zero-order valence-corrected chi connectivity index (χ0v) is 12.0. The Kier molecular flexibility index (Phi) is 3.29. The Hall–Kier alpha value is -2.49. The third-order valence-corrected chi connectivity index (χ3v) is 3.98. The van der Waals surface area contributed by atoms with Crippen molar-refractivity contribution in [3.63, 3.8) is 0 Å². The number of nitrogens with two attached hydrogens (primary N) is 2. The van der Waals surface area contributed by atoms with Gasteiger partial charge in [0, 0.05) is 12.2 Å². The molecule has 0 spiro atoms. The highest BCUT2D eigenvalue weighted by Crippen LogP contribution is 2.38. The first kappa shape index (κ1) is 13.5. The number of hydrogen-bond acceptors (Lipinski definition) is 3. The van der Waals surface area contributed by atoms with E-state index in [2.05, 4.69) is 30.0 Å². The Morgan fingerprint density at radius 3 is 2.62 bits per heavy atom. The number of anilines is 3. The molecule has 4 N–H and O–H groups in total. The summed E-state index contributed by atoms with van der Waals surface area (Å²) >= 11 is 0. The van der Waals surface area contributed by atoms with Crippen molar-refractivity contribution < 1.29 is 4.79 Å². The van der Waals surface area contributed by atoms with Gasteiger partial charge in [-0.3, -0.25) is 4.79 Å². The average Bonchev–Trinajstić information content (AvgIpc) is 2.46. The maximum absolute atomic E-state index is 11.5. The highest BCUT2D eigenvalue weighted by Gasteiger charge is 2.24. The van der Waals surface area contributed by atoms with Crippen molar-refractivity contribution in [2.75, 3.05) is 17.2 Å². The van der Waals surface area contributed by atoms with Gasteiger partial charge in [0.15, 0.2) is 0 Å². The van der Waals surface area contributed by atoms with Gasteiger partial charge in [-0.1, -0.05) is 31.2 Å². The number of nitrogen functional groups attached to an aromatic ring is 1. The molecule has 1 unspecified atom stereocenters. The van der Waals surface area contributed by atoms with Crippen molar-refractivity contribution in [1.82, 2.24) is 0 Å². The lowest BCUT2D eigenvalue weighted by Crippen LogP contribution is -2.31. The number of amides is 1. The SMILES string of the molecule is CC1Cc2ccccc2N(c2cccc(C(N)=O)c2N)C1. The van der Waals surface area contributed by atoms with E-state index >= 15 is 0 Å². The molecule has 4 heteroatoms. The average molecular weight is 281 g/mol. The molecule has 0 saturated carbocycles. The fourth-order valence-electron chi connectivity index (χ4n) is 3.03. The zero-order valence-electron chi connectivity index (χ0n) is 12.0. The molecule has 4 nitrogen and oxygen atoms in total. The van der Waals surface area contributed by atoms with Gasteiger partial charge in [0.1, 0.15) is 0 Å². The van der Waals surface area contributed by atoms with Crippen LogP contribution in [0.2, 0.25) is 0 Å². The smallest absolute Gasteiger partial charge is 0.250 e. The number of para-hydroxylation sites is 2. The van der Waals surface area contributed by atoms with E-state index in [1.165, 1.54) is 5.56 Å². The van der Waals surface area contributed by atoms with Gasteiger partial charge in [0.25, 0.3) is 5.91 Å². The summed E-state index contributed by atoms with van der Waals surface area (Å²) in [7, 11) is 0. The standard InChI is InChI=1S/C17H19N3O/c1-11-9-12-5-2-3-7-14(12)20(10-11)15-8-4-6-13(16(15)18)17(19)21/h2-8,11H,9-10,18H2,1H3,(H2,19,21). The van der Waals surface area contributed by atoms with Gasteiger partial charge >= 0.3 is 0 Å². The predicted octanol–water partition coefficient (Wildman–Crippen LogP) is 2.70. The molecule has 2 aromatic rings. The summed E-state index contributed by atoms with van der Waals surface area (Å²) in [5.41, 5.74) is 15.7. The summed E-state index contributed by atoms with van der Waals surface area (Å²) in [6, 6.07) is 13.8. The van der Waals surface area contributed by atoms with Crippen LogP contribution < -0.4 is 16.4 Å². The van der Waals surface area contributed by atoms with Crippen LogP contribution >= 0.6 is 0 Å². The summed E-state index contributed by atoms with van der Waals surface area (Å²) in [4.78, 5) is 13.7. The van der Waals surface area contributed by atoms with E-state index in [9.17, 15) is 4.79 Å². The topological polar surface area (TPSA) is 72.3 Å². The van der Waals surface area contributed by atoms with Crippen LogP contribution in [0.15, 0.2) is 42.5 Å². The minimum absolute atomic E-state index is 0.378. The molecule has 1 aliphatic rings. The van der Waals surface area contributed by atoms with Crippen LogP contribution in [0.4, 0.5) is 17.1 Å². The molecule has 0 aromatic heterocycles. The van der Waals surface area contributed by atoms with Crippen molar-refractivity contribution in [2.24, 2.45) is 11.7 Å². The summed E-state index contributed by atoms with van der Waals surface area (Å²) in [6.45, 7) is 3.10. The van der Waals surface area contributed by atoms with Crippen molar-refractivity contribution in [2.45, 2.75) is 13.3 Å². The second kappa shape index (κ2) is 5.13. The number of carbonyl (C=O) groups excluding carboxylic acids is 1. The third-order valence-electron chi connectivity index (χ3n) is 3.98. The number of fused-ring (bicyclic) bond motifs is 1. The number of primary amides is 1. The quantitative estimate of drug-likeness (QED) is 0.831. The largest absolute Gasteiger partial charge is 0.396 e. The molecule has 1 atom stereocenters. The number of nitrogens with zero attached hydrogens (tertiary/aromatic N) is 1. The minimum atomic E-state index is -0.493. The van der Waals surface area contributed by atoms with Gasteiger partial charge in [-0.15, -0.1) is 0 Å². The van der Waals surface area contributed by atoms with E-state index in [1.54, 1.807) is 6.07 Å². The van der Waals surface area contributed by atoms with Gasteiger partial charge in [-0.2, -0.15) is 0 Å². The molecule has 1 aliphatic heterocycles. The lowest BCUT2D eigenvalue weighted by Gasteiger charge is -2.35. The molecule has 0 aliphatic carbocycles. The normalized spacial score (nSPS) is 17.4. The predicted molar refractivity (Wildman–Crippen MR) is 85.7 cm³/mol. The first-order valence-corrected chi connectivity index (χ1v) is 7.11. The van der Waals surface area contributed by atoms with Crippen molar-refractivity contribution >= 4 is 23.0 Å². The van der Waals surface area contributed by atoms with Crippen LogP contribution in [0, 0.1) is 5.92 Å². The van der Waals surface area contributed by atoms with Crippen molar-refractivity contribution in [3.05, 3.63) is 53.6 Å². The second-order valence-electron chi connectivity index (χ2n) is 5.65. The molecular formula is C17H19N3O. The molecule has 1 amide bonds. The second-order valence-corrected chi connectivity index (χ2v) is 5.65. The molecule has 108 valence electrons. The Bertz CT molecular complexity index is 696. The maximum atomic E-state index is 11.5. The van der Waals surface area contributed by atoms with Gasteiger partial charge in [0.05, 0.1) is 16.9 Å². The van der Waals surface area contributed by atoms with Crippen LogP contribution in [0.25, 0.3) is 0 Å². The highest BCUT2D eigenvalue weighted by atomic mass is 16.1. The summed E-state index contributed by atoms with van der Waals surface area (Å²) in [6.07, 6.45) is 1.06. The molecule has 0 radical (unpaired) electrons. The number of hydrogen-bond donors (Lipinski definition) is 2. The lowest BCUT2D eigenvalue weighted by atomic mass is 9.93. The summed E-state index contributed by atoms with van der Waals surface area (Å²) < 4.78 is 0. The Balaban J connectivity index is 2.13. The molecule has 0 saturated heterocycles. The fourth-order valence-corrected chi connectivity index (χ4v) is 3.03. The minimum Gasteiger partial charge on any atom is -0.396 e. The summed E-state index contributed by atoms with van der Waals surface area (Å²) in [5, 5.41) is 0. The van der Waals surface area contributed by atoms with Crippen molar-refractivity contribution in [1.29, 1.82) is 0 Å². The number of carbonyl (C=O) groups is 1. The van der Waals surface area contributed by atoms with E-state index in [0.717, 1.165) is 24.3 Å². The van der Waals surface area contributed by atoms with Crippen LogP contribution in [0.1, 0.15) is 22.8 Å². The van der Waals surface area contributed by atoms with Crippen LogP contribution in [0.3, 0.4) is 0 Å². The molecule has 1 heterocycles. The zero-order chi connectivity index (χ0) is 15.0. The van der Waals surface area contributed by atoms with E-state index in [1.807, 2.05) is 18.2 Å². The van der Waals surface area contributed by atoms with E-state index in [0.29, 0.717) is 17.2 Å². The molecule has 2 aromatic carbocycles. The summed E-state index contributed by atoms with van der Waals surface area (Å²) in [5.74, 6) is 0.0317. The van der Waals surface area contributed by atoms with Gasteiger partial charge in [0.2, 0.25) is 0 Å². The fraction of sp³-hybridized carbons (Fsp3) is 0.235. The highest BCUT2D eigenvalue weighted by molar-refractivity contribution is 6.01. The molecule has 0 bridgehead atoms. The maximum Gasteiger partial charge on any atom is 0.250 e. The van der Waals surface area contributed by atoms with E-state index in [4.69, 9.17) is 11.5 Å². The molecular weight excluding hydrogens is 262 g/mol. The Morgan fingerprint density at radius 2 is 1.86 bits per heavy atom. The van der Waals surface area contributed by atoms with Crippen LogP contribution in [-0.2, 0) is 6.42 Å². The van der Waals surface area contributed by atoms with Crippen LogP contribution in [0.5, 0.6) is 0 Å². The Labute approximate surface area is 124 Å². The van der Waals surface area contributed by atoms with Crippen LogP contribution in [-0.4, -0.2) is 12.5 Å². The Morgan fingerprint density at radius 1 is 1.14 bits per heavy atom. The molecule has 0 fully saturated rings.